The quantitative estimate of drug-likeness (QED) is 0.621. The summed E-state index contributed by atoms with van der Waals surface area (Å²) < 4.78 is 5.42. The summed E-state index contributed by atoms with van der Waals surface area (Å²) in [5.74, 6) is 0.272. The molecule has 1 N–H and O–H groups in total. The van der Waals surface area contributed by atoms with Gasteiger partial charge in [-0.2, -0.15) is 0 Å². The molecule has 0 aliphatic carbocycles. The van der Waals surface area contributed by atoms with Crippen LogP contribution >= 0.6 is 0 Å². The van der Waals surface area contributed by atoms with Gasteiger partial charge in [0.15, 0.2) is 0 Å². The van der Waals surface area contributed by atoms with Crippen molar-refractivity contribution in [3.63, 3.8) is 0 Å². The fraction of sp³-hybridized carbons (Fsp3) is 0.923. The van der Waals surface area contributed by atoms with Crippen molar-refractivity contribution >= 4 is 5.91 Å². The second-order valence-electron chi connectivity index (χ2n) is 4.59. The molecule has 1 rings (SSSR count). The molecule has 1 unspecified atom stereocenters. The van der Waals surface area contributed by atoms with E-state index >= 15 is 0 Å². The number of carbonyl (C=O) groups excluding carboxylic acids is 1. The molecular weight excluding hydrogens is 216 g/mol. The lowest BCUT2D eigenvalue weighted by Crippen LogP contribution is -2.39. The zero-order valence-electron chi connectivity index (χ0n) is 11.2. The third-order valence-electron chi connectivity index (χ3n) is 3.00. The first-order chi connectivity index (χ1) is 8.29. The van der Waals surface area contributed by atoms with E-state index in [0.717, 1.165) is 58.5 Å². The van der Waals surface area contributed by atoms with E-state index in [1.807, 2.05) is 4.90 Å². The van der Waals surface area contributed by atoms with Gasteiger partial charge >= 0.3 is 0 Å². The van der Waals surface area contributed by atoms with E-state index in [4.69, 9.17) is 4.74 Å². The molecule has 1 amide bonds. The lowest BCUT2D eigenvalue weighted by molar-refractivity contribution is -0.129. The van der Waals surface area contributed by atoms with Crippen LogP contribution in [0.3, 0.4) is 0 Å². The van der Waals surface area contributed by atoms with Gasteiger partial charge in [0.05, 0.1) is 6.04 Å². The zero-order chi connectivity index (χ0) is 12.5. The minimum absolute atomic E-state index is 0.0616. The second-order valence-corrected chi connectivity index (χ2v) is 4.59. The first-order valence-corrected chi connectivity index (χ1v) is 6.89. The van der Waals surface area contributed by atoms with E-state index in [1.54, 1.807) is 0 Å². The van der Waals surface area contributed by atoms with Crippen molar-refractivity contribution in [3.05, 3.63) is 0 Å². The molecule has 0 aromatic heterocycles. The van der Waals surface area contributed by atoms with Crippen LogP contribution in [0.25, 0.3) is 0 Å². The molecular formula is C13H26N2O2. The highest BCUT2D eigenvalue weighted by molar-refractivity contribution is 5.83. The summed E-state index contributed by atoms with van der Waals surface area (Å²) in [6.07, 6.45) is 4.04. The number of amides is 1. The Hall–Kier alpha value is -0.610. The van der Waals surface area contributed by atoms with E-state index in [-0.39, 0.29) is 11.9 Å². The van der Waals surface area contributed by atoms with Gasteiger partial charge in [0, 0.05) is 26.3 Å². The molecule has 0 saturated carbocycles. The number of nitrogens with one attached hydrogen (secondary N) is 1. The Labute approximate surface area is 105 Å². The molecule has 0 radical (unpaired) electrons. The van der Waals surface area contributed by atoms with E-state index in [2.05, 4.69) is 19.2 Å². The highest BCUT2D eigenvalue weighted by Crippen LogP contribution is 2.11. The third-order valence-corrected chi connectivity index (χ3v) is 3.00. The molecule has 0 spiro atoms. The first kappa shape index (κ1) is 14.5. The predicted octanol–water partition coefficient (Wildman–Crippen LogP) is 1.40. The Morgan fingerprint density at radius 1 is 1.35 bits per heavy atom. The molecule has 1 fully saturated rings. The number of ether oxygens (including phenoxy) is 1. The SMILES string of the molecule is CCCNC1CCN(CCCOCCC)C1=O. The van der Waals surface area contributed by atoms with E-state index in [1.165, 1.54) is 0 Å². The fourth-order valence-corrected chi connectivity index (χ4v) is 2.07. The van der Waals surface area contributed by atoms with Crippen LogP contribution in [-0.2, 0) is 9.53 Å². The first-order valence-electron chi connectivity index (χ1n) is 6.89. The van der Waals surface area contributed by atoms with E-state index in [0.29, 0.717) is 0 Å². The van der Waals surface area contributed by atoms with Crippen molar-refractivity contribution < 1.29 is 9.53 Å². The molecule has 1 heterocycles. The maximum atomic E-state index is 12.0. The predicted molar refractivity (Wildman–Crippen MR) is 69.0 cm³/mol. The van der Waals surface area contributed by atoms with Gasteiger partial charge in [0.1, 0.15) is 0 Å². The monoisotopic (exact) mass is 242 g/mol. The minimum Gasteiger partial charge on any atom is -0.381 e. The Morgan fingerprint density at radius 3 is 2.88 bits per heavy atom. The van der Waals surface area contributed by atoms with Crippen molar-refractivity contribution in [2.75, 3.05) is 32.8 Å². The zero-order valence-corrected chi connectivity index (χ0v) is 11.2. The standard InChI is InChI=1S/C13H26N2O2/c1-3-7-14-12-6-9-15(13(12)16)8-5-11-17-10-4-2/h12,14H,3-11H2,1-2H3. The molecule has 4 heteroatoms. The summed E-state index contributed by atoms with van der Waals surface area (Å²) in [6, 6.07) is 0.0616. The molecule has 0 aromatic carbocycles. The summed E-state index contributed by atoms with van der Waals surface area (Å²) in [4.78, 5) is 13.9. The summed E-state index contributed by atoms with van der Waals surface area (Å²) in [5.41, 5.74) is 0. The summed E-state index contributed by atoms with van der Waals surface area (Å²) in [5, 5.41) is 3.30. The molecule has 1 atom stereocenters. The van der Waals surface area contributed by atoms with Crippen molar-refractivity contribution in [3.8, 4) is 0 Å². The Morgan fingerprint density at radius 2 is 2.18 bits per heavy atom. The van der Waals surface area contributed by atoms with Crippen LogP contribution in [0.2, 0.25) is 0 Å². The van der Waals surface area contributed by atoms with Crippen molar-refractivity contribution in [1.29, 1.82) is 0 Å². The molecule has 0 aromatic rings. The fourth-order valence-electron chi connectivity index (χ4n) is 2.07. The van der Waals surface area contributed by atoms with Gasteiger partial charge in [-0.15, -0.1) is 0 Å². The van der Waals surface area contributed by atoms with Crippen molar-refractivity contribution in [1.82, 2.24) is 10.2 Å². The number of hydrogen-bond donors (Lipinski definition) is 1. The van der Waals surface area contributed by atoms with E-state index < -0.39 is 0 Å². The maximum absolute atomic E-state index is 12.0. The van der Waals surface area contributed by atoms with Crippen LogP contribution in [-0.4, -0.2) is 49.7 Å². The van der Waals surface area contributed by atoms with Crippen LogP contribution in [0.15, 0.2) is 0 Å². The second kappa shape index (κ2) is 8.48. The molecule has 1 saturated heterocycles. The van der Waals surface area contributed by atoms with Gasteiger partial charge in [0.2, 0.25) is 5.91 Å². The minimum atomic E-state index is 0.0616. The molecule has 4 nitrogen and oxygen atoms in total. The van der Waals surface area contributed by atoms with Gasteiger partial charge in [-0.25, -0.2) is 0 Å². The number of nitrogens with zero attached hydrogens (tertiary/aromatic N) is 1. The Bertz CT molecular complexity index is 221. The van der Waals surface area contributed by atoms with Gasteiger partial charge in [0.25, 0.3) is 0 Å². The summed E-state index contributed by atoms with van der Waals surface area (Å²) in [6.45, 7) is 8.49. The Kier molecular flexibility index (Phi) is 7.21. The number of likely N-dealkylation sites (tertiary alicyclic amines) is 1. The maximum Gasteiger partial charge on any atom is 0.239 e. The van der Waals surface area contributed by atoms with Crippen LogP contribution in [0.1, 0.15) is 39.5 Å². The lowest BCUT2D eigenvalue weighted by Gasteiger charge is -2.17. The lowest BCUT2D eigenvalue weighted by atomic mass is 10.2. The highest BCUT2D eigenvalue weighted by Gasteiger charge is 2.30. The average molecular weight is 242 g/mol. The third kappa shape index (κ3) is 5.04. The number of hydrogen-bond acceptors (Lipinski definition) is 3. The average Bonchev–Trinajstić information content (AvgIpc) is 2.68. The molecule has 0 bridgehead atoms. The summed E-state index contributed by atoms with van der Waals surface area (Å²) in [7, 11) is 0. The van der Waals surface area contributed by atoms with Crippen LogP contribution in [0.4, 0.5) is 0 Å². The number of carbonyl (C=O) groups is 1. The van der Waals surface area contributed by atoms with Gasteiger partial charge in [-0.3, -0.25) is 4.79 Å². The van der Waals surface area contributed by atoms with Gasteiger partial charge < -0.3 is 15.0 Å². The highest BCUT2D eigenvalue weighted by atomic mass is 16.5. The largest absolute Gasteiger partial charge is 0.381 e. The molecule has 100 valence electrons. The number of rotatable bonds is 9. The van der Waals surface area contributed by atoms with Crippen LogP contribution < -0.4 is 5.32 Å². The smallest absolute Gasteiger partial charge is 0.239 e. The van der Waals surface area contributed by atoms with Gasteiger partial charge in [-0.1, -0.05) is 13.8 Å². The topological polar surface area (TPSA) is 41.6 Å². The molecule has 1 aliphatic heterocycles. The van der Waals surface area contributed by atoms with Crippen LogP contribution in [0.5, 0.6) is 0 Å². The van der Waals surface area contributed by atoms with Crippen molar-refractivity contribution in [2.24, 2.45) is 0 Å². The molecule has 1 aliphatic rings. The molecule has 17 heavy (non-hydrogen) atoms. The van der Waals surface area contributed by atoms with E-state index in [9.17, 15) is 4.79 Å². The Balaban J connectivity index is 2.12. The normalized spacial score (nSPS) is 20.2. The van der Waals surface area contributed by atoms with Crippen molar-refractivity contribution in [2.45, 2.75) is 45.6 Å². The van der Waals surface area contributed by atoms with Crippen LogP contribution in [0, 0.1) is 0 Å². The van der Waals surface area contributed by atoms with Gasteiger partial charge in [-0.05, 0) is 32.2 Å². The summed E-state index contributed by atoms with van der Waals surface area (Å²) >= 11 is 0.